The molecule has 9 nitrogen and oxygen atoms in total. The molecule has 2 N–H and O–H groups in total. The van der Waals surface area contributed by atoms with Crippen molar-refractivity contribution in [2.75, 3.05) is 55.5 Å². The lowest BCUT2D eigenvalue weighted by Gasteiger charge is -2.34. The minimum atomic E-state index is -3.80. The van der Waals surface area contributed by atoms with Crippen molar-refractivity contribution < 1.29 is 17.9 Å². The molecule has 0 bridgehead atoms. The van der Waals surface area contributed by atoms with Crippen LogP contribution in [0.25, 0.3) is 10.2 Å². The second kappa shape index (κ2) is 13.7. The van der Waals surface area contributed by atoms with E-state index < -0.39 is 10.0 Å². The van der Waals surface area contributed by atoms with E-state index in [1.807, 2.05) is 19.1 Å². The quantitative estimate of drug-likeness (QED) is 0.249. The van der Waals surface area contributed by atoms with Gasteiger partial charge in [-0.05, 0) is 61.5 Å². The SMILES string of the molecule is CCOc1cccc2sc(N3CCN(CCNC(=O)c4cccc(NS(=O)(=O)c5ccc(Cl)cc5)c4)CC3)nc12.Cl. The highest BCUT2D eigenvalue weighted by Crippen LogP contribution is 2.34. The summed E-state index contributed by atoms with van der Waals surface area (Å²) in [6, 6.07) is 18.3. The molecule has 0 spiro atoms. The molecule has 1 aliphatic rings. The van der Waals surface area contributed by atoms with E-state index in [0.29, 0.717) is 29.4 Å². The van der Waals surface area contributed by atoms with Gasteiger partial charge in [0.05, 0.1) is 16.2 Å². The highest BCUT2D eigenvalue weighted by atomic mass is 35.5. The average molecular weight is 637 g/mol. The summed E-state index contributed by atoms with van der Waals surface area (Å²) in [5, 5.41) is 4.39. The van der Waals surface area contributed by atoms with Crippen LogP contribution in [-0.2, 0) is 10.0 Å². The van der Waals surface area contributed by atoms with Crippen LogP contribution in [0.3, 0.4) is 0 Å². The van der Waals surface area contributed by atoms with E-state index in [2.05, 4.69) is 25.9 Å². The zero-order valence-electron chi connectivity index (χ0n) is 22.4. The molecule has 5 rings (SSSR count). The van der Waals surface area contributed by atoms with Crippen molar-refractivity contribution in [3.8, 4) is 5.75 Å². The minimum Gasteiger partial charge on any atom is -0.492 e. The first-order valence-electron chi connectivity index (χ1n) is 13.0. The Hall–Kier alpha value is -3.09. The van der Waals surface area contributed by atoms with Gasteiger partial charge in [-0.3, -0.25) is 14.4 Å². The molecule has 1 amide bonds. The Labute approximate surface area is 254 Å². The van der Waals surface area contributed by atoms with Gasteiger partial charge in [0.25, 0.3) is 15.9 Å². The number of anilines is 2. The molecule has 1 aromatic heterocycles. The van der Waals surface area contributed by atoms with Gasteiger partial charge in [-0.1, -0.05) is 35.1 Å². The van der Waals surface area contributed by atoms with Crippen molar-refractivity contribution in [2.24, 2.45) is 0 Å². The number of carbonyl (C=O) groups excluding carboxylic acids is 1. The molecule has 1 saturated heterocycles. The van der Waals surface area contributed by atoms with Crippen LogP contribution in [0, 0.1) is 0 Å². The number of ether oxygens (including phenoxy) is 1. The highest BCUT2D eigenvalue weighted by Gasteiger charge is 2.21. The third-order valence-electron chi connectivity index (χ3n) is 6.53. The number of sulfonamides is 1. The molecule has 1 aliphatic heterocycles. The number of nitrogens with zero attached hydrogens (tertiary/aromatic N) is 3. The fraction of sp³-hybridized carbons (Fsp3) is 0.286. The second-order valence-corrected chi connectivity index (χ2v) is 12.4. The number of benzene rings is 3. The Morgan fingerprint density at radius 2 is 1.78 bits per heavy atom. The lowest BCUT2D eigenvalue weighted by molar-refractivity contribution is 0.0948. The van der Waals surface area contributed by atoms with Crippen LogP contribution in [0.1, 0.15) is 17.3 Å². The summed E-state index contributed by atoms with van der Waals surface area (Å²) in [7, 11) is -3.80. The lowest BCUT2D eigenvalue weighted by atomic mass is 10.2. The van der Waals surface area contributed by atoms with Gasteiger partial charge in [0.15, 0.2) is 5.13 Å². The predicted octanol–water partition coefficient (Wildman–Crippen LogP) is 5.12. The zero-order valence-corrected chi connectivity index (χ0v) is 25.6. The van der Waals surface area contributed by atoms with E-state index in [0.717, 1.165) is 53.8 Å². The number of rotatable bonds is 10. The largest absolute Gasteiger partial charge is 0.492 e. The zero-order chi connectivity index (χ0) is 28.1. The van der Waals surface area contributed by atoms with Crippen LogP contribution in [-0.4, -0.2) is 70.1 Å². The Morgan fingerprint density at radius 1 is 1.05 bits per heavy atom. The van der Waals surface area contributed by atoms with Crippen molar-refractivity contribution in [2.45, 2.75) is 11.8 Å². The third kappa shape index (κ3) is 7.60. The number of nitrogens with one attached hydrogen (secondary N) is 2. The standard InChI is InChI=1S/C28H30ClN5O4S2.ClH/c1-2-38-24-7-4-8-25-26(24)31-28(39-25)34-17-15-33(16-18-34)14-13-30-27(35)20-5-3-6-22(19-20)32-40(36,37)23-11-9-21(29)10-12-23;/h3-12,19,32H,2,13-18H2,1H3,(H,30,35);1H. The van der Waals surface area contributed by atoms with Crippen molar-refractivity contribution in [3.05, 3.63) is 77.3 Å². The molecule has 2 heterocycles. The van der Waals surface area contributed by atoms with Crippen molar-refractivity contribution in [3.63, 3.8) is 0 Å². The smallest absolute Gasteiger partial charge is 0.261 e. The van der Waals surface area contributed by atoms with Gasteiger partial charge in [0.1, 0.15) is 11.3 Å². The summed E-state index contributed by atoms with van der Waals surface area (Å²) >= 11 is 7.54. The van der Waals surface area contributed by atoms with Crippen molar-refractivity contribution in [1.82, 2.24) is 15.2 Å². The molecule has 1 fully saturated rings. The first-order chi connectivity index (χ1) is 19.3. The van der Waals surface area contributed by atoms with Gasteiger partial charge >= 0.3 is 0 Å². The van der Waals surface area contributed by atoms with Crippen LogP contribution in [0.15, 0.2) is 71.6 Å². The van der Waals surface area contributed by atoms with Gasteiger partial charge in [0, 0.05) is 55.5 Å². The topological polar surface area (TPSA) is 104 Å². The normalized spacial score (nSPS) is 14.0. The fourth-order valence-corrected chi connectivity index (χ4v) is 6.67. The number of hydrogen-bond acceptors (Lipinski definition) is 8. The molecule has 0 radical (unpaired) electrons. The minimum absolute atomic E-state index is 0. The summed E-state index contributed by atoms with van der Waals surface area (Å²) < 4.78 is 34.7. The van der Waals surface area contributed by atoms with Crippen molar-refractivity contribution in [1.29, 1.82) is 0 Å². The van der Waals surface area contributed by atoms with E-state index in [-0.39, 0.29) is 23.2 Å². The Morgan fingerprint density at radius 3 is 2.51 bits per heavy atom. The van der Waals surface area contributed by atoms with E-state index >= 15 is 0 Å². The van der Waals surface area contributed by atoms with Gasteiger partial charge in [0.2, 0.25) is 0 Å². The van der Waals surface area contributed by atoms with Crippen LogP contribution >= 0.6 is 35.3 Å². The van der Waals surface area contributed by atoms with E-state index in [9.17, 15) is 13.2 Å². The number of halogens is 2. The maximum atomic E-state index is 12.8. The third-order valence-corrected chi connectivity index (χ3v) is 9.26. The molecule has 0 atom stereocenters. The number of para-hydroxylation sites is 1. The maximum absolute atomic E-state index is 12.8. The lowest BCUT2D eigenvalue weighted by Crippen LogP contribution is -2.48. The molecule has 4 aromatic rings. The maximum Gasteiger partial charge on any atom is 0.261 e. The van der Waals surface area contributed by atoms with Crippen LogP contribution in [0.2, 0.25) is 5.02 Å². The van der Waals surface area contributed by atoms with Gasteiger partial charge in [-0.25, -0.2) is 13.4 Å². The van der Waals surface area contributed by atoms with E-state index in [1.165, 1.54) is 30.3 Å². The molecule has 218 valence electrons. The molecule has 0 unspecified atom stereocenters. The second-order valence-electron chi connectivity index (χ2n) is 9.26. The summed E-state index contributed by atoms with van der Waals surface area (Å²) in [6.45, 7) is 7.23. The number of fused-ring (bicyclic) bond motifs is 1. The van der Waals surface area contributed by atoms with Crippen LogP contribution < -0.4 is 19.7 Å². The molecular formula is C28H31Cl2N5O4S2. The summed E-state index contributed by atoms with van der Waals surface area (Å²) in [6.07, 6.45) is 0. The number of amides is 1. The Balaban J connectivity index is 0.00000387. The van der Waals surface area contributed by atoms with E-state index in [1.54, 1.807) is 29.5 Å². The number of piperazine rings is 1. The monoisotopic (exact) mass is 635 g/mol. The van der Waals surface area contributed by atoms with E-state index in [4.69, 9.17) is 21.3 Å². The highest BCUT2D eigenvalue weighted by molar-refractivity contribution is 7.92. The van der Waals surface area contributed by atoms with Crippen LogP contribution in [0.5, 0.6) is 5.75 Å². The summed E-state index contributed by atoms with van der Waals surface area (Å²) in [5.41, 5.74) is 1.60. The van der Waals surface area contributed by atoms with Gasteiger partial charge in [-0.2, -0.15) is 0 Å². The fourth-order valence-electron chi connectivity index (χ4n) is 4.46. The number of carbonyl (C=O) groups is 1. The molecule has 3 aromatic carbocycles. The molecule has 13 heteroatoms. The van der Waals surface area contributed by atoms with Gasteiger partial charge in [-0.15, -0.1) is 12.4 Å². The predicted molar refractivity (Wildman–Crippen MR) is 168 cm³/mol. The summed E-state index contributed by atoms with van der Waals surface area (Å²) in [5.74, 6) is 0.562. The number of aromatic nitrogens is 1. The first kappa shape index (κ1) is 30.9. The Kier molecular flexibility index (Phi) is 10.3. The van der Waals surface area contributed by atoms with Gasteiger partial charge < -0.3 is 15.0 Å². The first-order valence-corrected chi connectivity index (χ1v) is 15.7. The number of hydrogen-bond donors (Lipinski definition) is 2. The number of thiazole rings is 1. The van der Waals surface area contributed by atoms with Crippen LogP contribution in [0.4, 0.5) is 10.8 Å². The molecule has 0 saturated carbocycles. The Bertz CT molecular complexity index is 1590. The molecular weight excluding hydrogens is 605 g/mol. The average Bonchev–Trinajstić information content (AvgIpc) is 3.39. The van der Waals surface area contributed by atoms with Crippen molar-refractivity contribution >= 4 is 72.3 Å². The summed E-state index contributed by atoms with van der Waals surface area (Å²) in [4.78, 5) is 22.3. The molecule has 0 aliphatic carbocycles. The molecule has 41 heavy (non-hydrogen) atoms.